The molecule has 1 aromatic heterocycles. The lowest BCUT2D eigenvalue weighted by atomic mass is 10.1. The summed E-state index contributed by atoms with van der Waals surface area (Å²) in [6, 6.07) is 9.97. The number of thiazole rings is 1. The summed E-state index contributed by atoms with van der Waals surface area (Å²) >= 11 is 7.31. The second kappa shape index (κ2) is 8.15. The van der Waals surface area contributed by atoms with E-state index in [1.54, 1.807) is 47.5 Å². The fourth-order valence-electron chi connectivity index (χ4n) is 2.35. The Labute approximate surface area is 167 Å². The Morgan fingerprint density at radius 3 is 2.61 bits per heavy atom. The predicted octanol–water partition coefficient (Wildman–Crippen LogP) is 3.64. The molecule has 3 aromatic rings. The van der Waals surface area contributed by atoms with Gasteiger partial charge in [0.1, 0.15) is 0 Å². The molecule has 3 rings (SSSR count). The summed E-state index contributed by atoms with van der Waals surface area (Å²) < 4.78 is 1.71. The number of nitrogens with one attached hydrogen (secondary N) is 1. The number of nitro groups is 1. The molecule has 8 nitrogen and oxygen atoms in total. The molecular formula is C18H13ClN4O4S. The number of halogens is 1. The SMILES string of the molecule is Cn1ccsc1=NC(=O)c1ccccc1NC(=O)c1ccc([N+](=O)[O-])cc1Cl. The lowest BCUT2D eigenvalue weighted by molar-refractivity contribution is -0.384. The Bertz CT molecular complexity index is 1150. The maximum absolute atomic E-state index is 12.6. The summed E-state index contributed by atoms with van der Waals surface area (Å²) in [4.78, 5) is 39.9. The van der Waals surface area contributed by atoms with Crippen LogP contribution in [0.25, 0.3) is 0 Å². The molecule has 0 radical (unpaired) electrons. The Morgan fingerprint density at radius 1 is 1.21 bits per heavy atom. The van der Waals surface area contributed by atoms with Crippen LogP contribution in [0.15, 0.2) is 59.0 Å². The van der Waals surface area contributed by atoms with Crippen molar-refractivity contribution in [3.05, 3.63) is 85.1 Å². The predicted molar refractivity (Wildman–Crippen MR) is 106 cm³/mol. The van der Waals surface area contributed by atoms with Crippen LogP contribution < -0.4 is 10.1 Å². The number of hydrogen-bond acceptors (Lipinski definition) is 5. The summed E-state index contributed by atoms with van der Waals surface area (Å²) in [7, 11) is 1.77. The topological polar surface area (TPSA) is 107 Å². The highest BCUT2D eigenvalue weighted by atomic mass is 35.5. The fraction of sp³-hybridized carbons (Fsp3) is 0.0556. The number of hydrogen-bond donors (Lipinski definition) is 1. The van der Waals surface area contributed by atoms with Crippen LogP contribution in [-0.2, 0) is 7.05 Å². The fourth-order valence-corrected chi connectivity index (χ4v) is 3.34. The van der Waals surface area contributed by atoms with Crippen LogP contribution >= 0.6 is 22.9 Å². The third-order valence-electron chi connectivity index (χ3n) is 3.77. The zero-order valence-corrected chi connectivity index (χ0v) is 16.0. The van der Waals surface area contributed by atoms with Gasteiger partial charge in [0.05, 0.1) is 26.8 Å². The van der Waals surface area contributed by atoms with Gasteiger partial charge >= 0.3 is 0 Å². The Morgan fingerprint density at radius 2 is 1.96 bits per heavy atom. The van der Waals surface area contributed by atoms with Crippen molar-refractivity contribution in [2.45, 2.75) is 0 Å². The Balaban J connectivity index is 1.90. The van der Waals surface area contributed by atoms with Gasteiger partial charge in [-0.15, -0.1) is 11.3 Å². The van der Waals surface area contributed by atoms with Crippen molar-refractivity contribution in [3.63, 3.8) is 0 Å². The van der Waals surface area contributed by atoms with E-state index in [-0.39, 0.29) is 27.5 Å². The highest BCUT2D eigenvalue weighted by Gasteiger charge is 2.18. The number of benzene rings is 2. The molecule has 1 N–H and O–H groups in total. The molecule has 0 aliphatic carbocycles. The molecule has 28 heavy (non-hydrogen) atoms. The van der Waals surface area contributed by atoms with Crippen molar-refractivity contribution < 1.29 is 14.5 Å². The number of nitrogens with zero attached hydrogens (tertiary/aromatic N) is 3. The number of amides is 2. The van der Waals surface area contributed by atoms with Gasteiger partial charge in [0.15, 0.2) is 4.80 Å². The molecule has 2 amide bonds. The molecule has 10 heteroatoms. The molecule has 0 atom stereocenters. The van der Waals surface area contributed by atoms with E-state index in [1.807, 2.05) is 0 Å². The first-order valence-electron chi connectivity index (χ1n) is 7.90. The zero-order chi connectivity index (χ0) is 20.3. The van der Waals surface area contributed by atoms with Gasteiger partial charge < -0.3 is 9.88 Å². The van der Waals surface area contributed by atoms with Gasteiger partial charge in [0, 0.05) is 30.8 Å². The van der Waals surface area contributed by atoms with Crippen molar-refractivity contribution in [3.8, 4) is 0 Å². The van der Waals surface area contributed by atoms with Crippen LogP contribution in [-0.4, -0.2) is 21.3 Å². The first kappa shape index (κ1) is 19.5. The monoisotopic (exact) mass is 416 g/mol. The number of anilines is 1. The van der Waals surface area contributed by atoms with E-state index in [1.165, 1.54) is 23.5 Å². The lowest BCUT2D eigenvalue weighted by Gasteiger charge is -2.09. The Kier molecular flexibility index (Phi) is 5.67. The van der Waals surface area contributed by atoms with E-state index < -0.39 is 16.7 Å². The third-order valence-corrected chi connectivity index (χ3v) is 4.93. The molecule has 0 spiro atoms. The number of para-hydroxylation sites is 1. The smallest absolute Gasteiger partial charge is 0.281 e. The number of carbonyl (C=O) groups is 2. The summed E-state index contributed by atoms with van der Waals surface area (Å²) in [6.07, 6.45) is 1.78. The van der Waals surface area contributed by atoms with Crippen molar-refractivity contribution in [1.29, 1.82) is 0 Å². The number of carbonyl (C=O) groups excluding carboxylic acids is 2. The summed E-state index contributed by atoms with van der Waals surface area (Å²) in [5.74, 6) is -1.11. The van der Waals surface area contributed by atoms with Gasteiger partial charge in [0.25, 0.3) is 17.5 Å². The maximum atomic E-state index is 12.6. The van der Waals surface area contributed by atoms with Crippen LogP contribution in [0.4, 0.5) is 11.4 Å². The van der Waals surface area contributed by atoms with Crippen molar-refractivity contribution >= 4 is 46.1 Å². The number of nitro benzene ring substituents is 1. The highest BCUT2D eigenvalue weighted by Crippen LogP contribution is 2.24. The second-order valence-electron chi connectivity index (χ2n) is 5.63. The van der Waals surface area contributed by atoms with Gasteiger partial charge in [-0.1, -0.05) is 23.7 Å². The minimum atomic E-state index is -0.604. The molecule has 0 aliphatic heterocycles. The van der Waals surface area contributed by atoms with E-state index in [2.05, 4.69) is 10.3 Å². The van der Waals surface area contributed by atoms with E-state index in [9.17, 15) is 19.7 Å². The molecule has 0 saturated heterocycles. The molecule has 0 saturated carbocycles. The lowest BCUT2D eigenvalue weighted by Crippen LogP contribution is -2.17. The van der Waals surface area contributed by atoms with Gasteiger partial charge in [0.2, 0.25) is 0 Å². The summed E-state index contributed by atoms with van der Waals surface area (Å²) in [6.45, 7) is 0. The minimum Gasteiger partial charge on any atom is -0.327 e. The number of aryl methyl sites for hydroxylation is 1. The second-order valence-corrected chi connectivity index (χ2v) is 6.91. The number of rotatable bonds is 4. The van der Waals surface area contributed by atoms with E-state index in [0.717, 1.165) is 6.07 Å². The Hall–Kier alpha value is -3.30. The van der Waals surface area contributed by atoms with Crippen molar-refractivity contribution in [2.24, 2.45) is 12.0 Å². The van der Waals surface area contributed by atoms with Crippen LogP contribution in [0.2, 0.25) is 5.02 Å². The largest absolute Gasteiger partial charge is 0.327 e. The van der Waals surface area contributed by atoms with Crippen LogP contribution in [0, 0.1) is 10.1 Å². The van der Waals surface area contributed by atoms with Gasteiger partial charge in [-0.3, -0.25) is 19.7 Å². The molecule has 0 fully saturated rings. The van der Waals surface area contributed by atoms with Crippen LogP contribution in [0.5, 0.6) is 0 Å². The molecule has 0 bridgehead atoms. The first-order valence-corrected chi connectivity index (χ1v) is 9.16. The minimum absolute atomic E-state index is 0.0520. The molecule has 0 aliphatic rings. The van der Waals surface area contributed by atoms with Gasteiger partial charge in [-0.25, -0.2) is 0 Å². The number of aromatic nitrogens is 1. The van der Waals surface area contributed by atoms with Crippen molar-refractivity contribution in [2.75, 3.05) is 5.32 Å². The molecule has 0 unspecified atom stereocenters. The average Bonchev–Trinajstić information content (AvgIpc) is 3.06. The molecule has 2 aromatic carbocycles. The van der Waals surface area contributed by atoms with E-state index >= 15 is 0 Å². The van der Waals surface area contributed by atoms with Crippen LogP contribution in [0.1, 0.15) is 20.7 Å². The molecule has 1 heterocycles. The quantitative estimate of drug-likeness (QED) is 0.517. The van der Waals surface area contributed by atoms with Crippen LogP contribution in [0.3, 0.4) is 0 Å². The highest BCUT2D eigenvalue weighted by molar-refractivity contribution is 7.07. The van der Waals surface area contributed by atoms with Crippen molar-refractivity contribution in [1.82, 2.24) is 4.57 Å². The summed E-state index contributed by atoms with van der Waals surface area (Å²) in [5, 5.41) is 15.1. The van der Waals surface area contributed by atoms with Gasteiger partial charge in [-0.05, 0) is 18.2 Å². The van der Waals surface area contributed by atoms with Gasteiger partial charge in [-0.2, -0.15) is 4.99 Å². The normalized spacial score (nSPS) is 11.3. The maximum Gasteiger partial charge on any atom is 0.281 e. The first-order chi connectivity index (χ1) is 13.4. The third kappa shape index (κ3) is 4.16. The zero-order valence-electron chi connectivity index (χ0n) is 14.5. The number of non-ortho nitro benzene ring substituents is 1. The average molecular weight is 417 g/mol. The van der Waals surface area contributed by atoms with E-state index in [4.69, 9.17) is 11.6 Å². The standard InChI is InChI=1S/C18H13ClN4O4S/c1-22-8-9-28-18(22)21-17(25)13-4-2-3-5-15(13)20-16(24)12-7-6-11(23(26)27)10-14(12)19/h2-10H,1H3,(H,20,24). The molecule has 142 valence electrons. The molecular weight excluding hydrogens is 404 g/mol. The summed E-state index contributed by atoms with van der Waals surface area (Å²) in [5.41, 5.74) is 0.299. The van der Waals surface area contributed by atoms with E-state index in [0.29, 0.717) is 4.80 Å².